The molecule has 3 aromatic rings. The van der Waals surface area contributed by atoms with Crippen LogP contribution in [-0.2, 0) is 11.4 Å². The number of ether oxygens (including phenoxy) is 1. The Labute approximate surface area is 195 Å². The molecule has 0 heterocycles. The summed E-state index contributed by atoms with van der Waals surface area (Å²) in [6.07, 6.45) is 1.44. The molecule has 0 spiro atoms. The molecule has 31 heavy (non-hydrogen) atoms. The first kappa shape index (κ1) is 22.7. The molecule has 4 nitrogen and oxygen atoms in total. The zero-order valence-corrected chi connectivity index (χ0v) is 18.7. The van der Waals surface area contributed by atoms with E-state index in [1.54, 1.807) is 55.5 Å². The Hall–Kier alpha value is -2.97. The van der Waals surface area contributed by atoms with Gasteiger partial charge in [-0.3, -0.25) is 4.79 Å². The Morgan fingerprint density at radius 3 is 2.48 bits per heavy atom. The lowest BCUT2D eigenvalue weighted by Crippen LogP contribution is -2.14. The third-order valence-electron chi connectivity index (χ3n) is 4.46. The lowest BCUT2D eigenvalue weighted by atomic mass is 10.1. The summed E-state index contributed by atoms with van der Waals surface area (Å²) in [5, 5.41) is 13.9. The van der Waals surface area contributed by atoms with Gasteiger partial charge in [0.2, 0.25) is 0 Å². The molecule has 3 rings (SSSR count). The largest absolute Gasteiger partial charge is 0.488 e. The van der Waals surface area contributed by atoms with Crippen LogP contribution in [0.25, 0.3) is 6.08 Å². The van der Waals surface area contributed by atoms with E-state index in [4.69, 9.17) is 39.5 Å². The summed E-state index contributed by atoms with van der Waals surface area (Å²) in [6, 6.07) is 19.4. The summed E-state index contributed by atoms with van der Waals surface area (Å²) in [5.74, 6) is -0.0738. The van der Waals surface area contributed by atoms with Crippen LogP contribution in [0.15, 0.2) is 66.2 Å². The van der Waals surface area contributed by atoms with Crippen molar-refractivity contribution >= 4 is 52.5 Å². The number of benzene rings is 3. The highest BCUT2D eigenvalue weighted by Gasteiger charge is 2.14. The zero-order chi connectivity index (χ0) is 22.4. The number of nitriles is 1. The van der Waals surface area contributed by atoms with Crippen LogP contribution in [0.3, 0.4) is 0 Å². The smallest absolute Gasteiger partial charge is 0.266 e. The molecule has 0 radical (unpaired) electrons. The summed E-state index contributed by atoms with van der Waals surface area (Å²) in [6.45, 7) is 2.07. The van der Waals surface area contributed by atoms with Gasteiger partial charge in [0.25, 0.3) is 5.91 Å². The number of halogens is 3. The fourth-order valence-corrected chi connectivity index (χ4v) is 3.22. The maximum absolute atomic E-state index is 12.7. The van der Waals surface area contributed by atoms with Crippen molar-refractivity contribution in [1.29, 1.82) is 5.26 Å². The van der Waals surface area contributed by atoms with Gasteiger partial charge in [-0.25, -0.2) is 0 Å². The van der Waals surface area contributed by atoms with Crippen LogP contribution in [0.5, 0.6) is 5.75 Å². The van der Waals surface area contributed by atoms with Gasteiger partial charge >= 0.3 is 0 Å². The van der Waals surface area contributed by atoms with Gasteiger partial charge in [-0.1, -0.05) is 53.0 Å². The molecule has 0 unspecified atom stereocenters. The van der Waals surface area contributed by atoms with Crippen molar-refractivity contribution in [2.24, 2.45) is 0 Å². The number of hydrogen-bond acceptors (Lipinski definition) is 3. The van der Waals surface area contributed by atoms with Gasteiger partial charge in [-0.15, -0.1) is 0 Å². The standard InChI is InChI=1S/C24H17Cl3N2O2/c1-15-21(27)3-2-4-22(15)29-24(30)18(13-28)11-17-12-20(26)9-10-23(17)31-14-16-5-7-19(25)8-6-16/h2-12H,14H2,1H3,(H,29,30)/b18-11+. The maximum atomic E-state index is 12.7. The minimum absolute atomic E-state index is 0.0991. The molecule has 0 bridgehead atoms. The molecule has 0 aliphatic heterocycles. The second-order valence-corrected chi connectivity index (χ2v) is 7.91. The topological polar surface area (TPSA) is 62.1 Å². The molecule has 0 fully saturated rings. The zero-order valence-electron chi connectivity index (χ0n) is 16.5. The number of carbonyl (C=O) groups excluding carboxylic acids is 1. The van der Waals surface area contributed by atoms with E-state index in [1.807, 2.05) is 18.2 Å². The number of rotatable bonds is 6. The normalized spacial score (nSPS) is 11.0. The second kappa shape index (κ2) is 10.4. The van der Waals surface area contributed by atoms with Gasteiger partial charge in [0.1, 0.15) is 24.0 Å². The quantitative estimate of drug-likeness (QED) is 0.308. The number of nitrogens with one attached hydrogen (secondary N) is 1. The Kier molecular flexibility index (Phi) is 7.59. The fraction of sp³-hybridized carbons (Fsp3) is 0.0833. The van der Waals surface area contributed by atoms with Crippen LogP contribution in [-0.4, -0.2) is 5.91 Å². The van der Waals surface area contributed by atoms with E-state index in [2.05, 4.69) is 5.32 Å². The predicted octanol–water partition coefficient (Wildman–Crippen LogP) is 7.08. The van der Waals surface area contributed by atoms with E-state index in [0.717, 1.165) is 5.56 Å². The molecule has 7 heteroatoms. The Morgan fingerprint density at radius 1 is 1.06 bits per heavy atom. The molecule has 0 saturated carbocycles. The van der Waals surface area contributed by atoms with Gasteiger partial charge in [0, 0.05) is 26.3 Å². The Bertz CT molecular complexity index is 1180. The second-order valence-electron chi connectivity index (χ2n) is 6.63. The van der Waals surface area contributed by atoms with E-state index < -0.39 is 5.91 Å². The highest BCUT2D eigenvalue weighted by atomic mass is 35.5. The molecule has 0 aliphatic rings. The third-order valence-corrected chi connectivity index (χ3v) is 5.36. The van der Waals surface area contributed by atoms with Gasteiger partial charge < -0.3 is 10.1 Å². The molecule has 0 aliphatic carbocycles. The molecule has 156 valence electrons. The monoisotopic (exact) mass is 470 g/mol. The number of hydrogen-bond donors (Lipinski definition) is 1. The summed E-state index contributed by atoms with van der Waals surface area (Å²) in [7, 11) is 0. The number of amides is 1. The number of nitrogens with zero attached hydrogens (tertiary/aromatic N) is 1. The molecular formula is C24H17Cl3N2O2. The molecule has 3 aromatic carbocycles. The Balaban J connectivity index is 1.84. The van der Waals surface area contributed by atoms with Crippen LogP contribution in [0.2, 0.25) is 15.1 Å². The van der Waals surface area contributed by atoms with E-state index in [1.165, 1.54) is 6.08 Å². The lowest BCUT2D eigenvalue weighted by Gasteiger charge is -2.11. The number of carbonyl (C=O) groups is 1. The molecule has 0 atom stereocenters. The summed E-state index contributed by atoms with van der Waals surface area (Å²) in [5.41, 5.74) is 2.58. The van der Waals surface area contributed by atoms with Crippen LogP contribution in [0, 0.1) is 18.3 Å². The van der Waals surface area contributed by atoms with Crippen molar-refractivity contribution in [2.75, 3.05) is 5.32 Å². The SMILES string of the molecule is Cc1c(Cl)cccc1NC(=O)/C(C#N)=C/c1cc(Cl)ccc1OCc1ccc(Cl)cc1. The molecule has 1 amide bonds. The molecular weight excluding hydrogens is 455 g/mol. The van der Waals surface area contributed by atoms with Crippen LogP contribution in [0.1, 0.15) is 16.7 Å². The predicted molar refractivity (Wildman–Crippen MR) is 126 cm³/mol. The van der Waals surface area contributed by atoms with Crippen LogP contribution >= 0.6 is 34.8 Å². The van der Waals surface area contributed by atoms with Gasteiger partial charge in [0.05, 0.1) is 0 Å². The average Bonchev–Trinajstić information content (AvgIpc) is 2.75. The maximum Gasteiger partial charge on any atom is 0.266 e. The third kappa shape index (κ3) is 6.02. The summed E-state index contributed by atoms with van der Waals surface area (Å²) >= 11 is 18.1. The average molecular weight is 472 g/mol. The van der Waals surface area contributed by atoms with Gasteiger partial charge in [-0.05, 0) is 66.6 Å². The first-order valence-corrected chi connectivity index (χ1v) is 10.4. The van der Waals surface area contributed by atoms with Crippen molar-refractivity contribution in [3.05, 3.63) is 98.0 Å². The van der Waals surface area contributed by atoms with Crippen molar-refractivity contribution in [3.8, 4) is 11.8 Å². The van der Waals surface area contributed by atoms with Crippen LogP contribution in [0.4, 0.5) is 5.69 Å². The van der Waals surface area contributed by atoms with Crippen LogP contribution < -0.4 is 10.1 Å². The first-order valence-electron chi connectivity index (χ1n) is 9.22. The summed E-state index contributed by atoms with van der Waals surface area (Å²) < 4.78 is 5.89. The minimum atomic E-state index is -0.559. The van der Waals surface area contributed by atoms with Crippen molar-refractivity contribution in [2.45, 2.75) is 13.5 Å². The minimum Gasteiger partial charge on any atom is -0.488 e. The van der Waals surface area contributed by atoms with E-state index >= 15 is 0 Å². The molecule has 0 saturated heterocycles. The highest BCUT2D eigenvalue weighted by molar-refractivity contribution is 6.32. The first-order chi connectivity index (χ1) is 14.9. The summed E-state index contributed by atoms with van der Waals surface area (Å²) in [4.78, 5) is 12.7. The lowest BCUT2D eigenvalue weighted by molar-refractivity contribution is -0.112. The van der Waals surface area contributed by atoms with E-state index in [-0.39, 0.29) is 12.2 Å². The molecule has 1 N–H and O–H groups in total. The fourth-order valence-electron chi connectivity index (χ4n) is 2.74. The highest BCUT2D eigenvalue weighted by Crippen LogP contribution is 2.27. The van der Waals surface area contributed by atoms with E-state index in [9.17, 15) is 10.1 Å². The van der Waals surface area contributed by atoms with Crippen molar-refractivity contribution < 1.29 is 9.53 Å². The molecule has 0 aromatic heterocycles. The van der Waals surface area contributed by atoms with E-state index in [0.29, 0.717) is 37.6 Å². The van der Waals surface area contributed by atoms with Crippen molar-refractivity contribution in [1.82, 2.24) is 0 Å². The van der Waals surface area contributed by atoms with Gasteiger partial charge in [0.15, 0.2) is 0 Å². The Morgan fingerprint density at radius 2 is 1.77 bits per heavy atom. The van der Waals surface area contributed by atoms with Gasteiger partial charge in [-0.2, -0.15) is 5.26 Å². The van der Waals surface area contributed by atoms with Crippen molar-refractivity contribution in [3.63, 3.8) is 0 Å². The number of anilines is 1.